The number of halogens is 2. The number of hydrogen-bond donors (Lipinski definition) is 1. The van der Waals surface area contributed by atoms with Crippen molar-refractivity contribution >= 4 is 51.6 Å². The maximum absolute atomic E-state index is 13.2. The quantitative estimate of drug-likeness (QED) is 0.683. The molecule has 0 fully saturated rings. The van der Waals surface area contributed by atoms with Gasteiger partial charge >= 0.3 is 0 Å². The van der Waals surface area contributed by atoms with Crippen LogP contribution < -0.4 is 10.1 Å². The van der Waals surface area contributed by atoms with Gasteiger partial charge in [0.2, 0.25) is 0 Å². The molecule has 0 unspecified atom stereocenters. The highest BCUT2D eigenvalue weighted by molar-refractivity contribution is 6.40. The van der Waals surface area contributed by atoms with Gasteiger partial charge in [-0.15, -0.1) is 0 Å². The first-order valence-electron chi connectivity index (χ1n) is 8.89. The zero-order valence-corrected chi connectivity index (χ0v) is 17.6. The first-order chi connectivity index (χ1) is 13.8. The minimum absolute atomic E-state index is 0.0846. The first-order valence-corrected chi connectivity index (χ1v) is 9.64. The van der Waals surface area contributed by atoms with Gasteiger partial charge in [0.15, 0.2) is 0 Å². The molecule has 1 aliphatic heterocycles. The Kier molecular flexibility index (Phi) is 4.88. The fraction of sp³-hybridized carbons (Fsp3) is 0.250. The number of pyridine rings is 1. The number of carbonyl (C=O) groups is 2. The highest BCUT2D eigenvalue weighted by Gasteiger charge is 2.31. The van der Waals surface area contributed by atoms with E-state index in [0.29, 0.717) is 40.9 Å². The summed E-state index contributed by atoms with van der Waals surface area (Å²) in [5.74, 6) is 0.120. The second kappa shape index (κ2) is 7.24. The topological polar surface area (TPSA) is 76.5 Å². The van der Waals surface area contributed by atoms with E-state index in [9.17, 15) is 9.59 Å². The average Bonchev–Trinajstić information content (AvgIpc) is 3.00. The van der Waals surface area contributed by atoms with E-state index in [4.69, 9.17) is 27.9 Å². The van der Waals surface area contributed by atoms with Crippen LogP contribution in [0, 0.1) is 0 Å². The Hall–Kier alpha value is -2.77. The number of likely N-dealkylation sites (N-methyl/N-ethyl adjacent to an activating group) is 1. The Morgan fingerprint density at radius 1 is 1.21 bits per heavy atom. The van der Waals surface area contributed by atoms with E-state index >= 15 is 0 Å². The number of rotatable bonds is 3. The van der Waals surface area contributed by atoms with E-state index < -0.39 is 0 Å². The van der Waals surface area contributed by atoms with Gasteiger partial charge in [-0.05, 0) is 24.1 Å². The smallest absolute Gasteiger partial charge is 0.270 e. The zero-order valence-electron chi connectivity index (χ0n) is 16.0. The van der Waals surface area contributed by atoms with E-state index in [1.54, 1.807) is 42.8 Å². The molecule has 0 radical (unpaired) electrons. The number of nitrogens with zero attached hydrogens (tertiary/aromatic N) is 3. The van der Waals surface area contributed by atoms with E-state index in [1.807, 2.05) is 0 Å². The Labute approximate surface area is 177 Å². The number of aryl methyl sites for hydroxylation is 1. The molecule has 0 bridgehead atoms. The van der Waals surface area contributed by atoms with E-state index in [2.05, 4.69) is 10.3 Å². The molecule has 2 aromatic heterocycles. The maximum Gasteiger partial charge on any atom is 0.270 e. The van der Waals surface area contributed by atoms with Crippen molar-refractivity contribution in [3.05, 3.63) is 51.4 Å². The van der Waals surface area contributed by atoms with Crippen LogP contribution in [0.5, 0.6) is 5.75 Å². The van der Waals surface area contributed by atoms with Crippen LogP contribution in [0.4, 0.5) is 5.69 Å². The minimum Gasteiger partial charge on any atom is -0.495 e. The Morgan fingerprint density at radius 2 is 1.90 bits per heavy atom. The normalized spacial score (nSPS) is 13.6. The van der Waals surface area contributed by atoms with Gasteiger partial charge in [-0.3, -0.25) is 14.6 Å². The van der Waals surface area contributed by atoms with Crippen molar-refractivity contribution in [2.24, 2.45) is 7.05 Å². The molecule has 29 heavy (non-hydrogen) atoms. The molecule has 7 nitrogen and oxygen atoms in total. The van der Waals surface area contributed by atoms with Crippen molar-refractivity contribution in [3.63, 3.8) is 0 Å². The molecule has 0 aliphatic carbocycles. The number of nitrogens with one attached hydrogen (secondary N) is 1. The molecular weight excluding hydrogens is 415 g/mol. The summed E-state index contributed by atoms with van der Waals surface area (Å²) in [7, 11) is 5.13. The Balaban J connectivity index is 1.92. The van der Waals surface area contributed by atoms with Crippen molar-refractivity contribution in [2.75, 3.05) is 26.0 Å². The Bertz CT molecular complexity index is 1150. The van der Waals surface area contributed by atoms with Crippen LogP contribution in [-0.4, -0.2) is 47.0 Å². The fourth-order valence-electron chi connectivity index (χ4n) is 3.79. The van der Waals surface area contributed by atoms with E-state index in [1.165, 1.54) is 12.4 Å². The molecule has 1 N–H and O–H groups in total. The largest absolute Gasteiger partial charge is 0.495 e. The van der Waals surface area contributed by atoms with Crippen LogP contribution in [0.2, 0.25) is 10.0 Å². The van der Waals surface area contributed by atoms with Crippen LogP contribution in [-0.2, 0) is 13.5 Å². The second-order valence-corrected chi connectivity index (χ2v) is 7.65. The van der Waals surface area contributed by atoms with Gasteiger partial charge in [0.1, 0.15) is 11.4 Å². The molecule has 1 aromatic carbocycles. The lowest BCUT2D eigenvalue weighted by Gasteiger charge is -2.23. The number of amides is 2. The number of benzene rings is 1. The van der Waals surface area contributed by atoms with Gasteiger partial charge in [-0.1, -0.05) is 23.2 Å². The predicted octanol–water partition coefficient (Wildman–Crippen LogP) is 3.77. The van der Waals surface area contributed by atoms with Gasteiger partial charge < -0.3 is 19.5 Å². The molecule has 9 heteroatoms. The van der Waals surface area contributed by atoms with Crippen molar-refractivity contribution in [1.82, 2.24) is 14.5 Å². The van der Waals surface area contributed by atoms with Gasteiger partial charge in [0.05, 0.1) is 28.4 Å². The third-order valence-corrected chi connectivity index (χ3v) is 5.78. The van der Waals surface area contributed by atoms with Crippen molar-refractivity contribution < 1.29 is 14.3 Å². The molecule has 0 saturated carbocycles. The van der Waals surface area contributed by atoms with Crippen LogP contribution >= 0.6 is 23.2 Å². The van der Waals surface area contributed by atoms with Gasteiger partial charge in [0, 0.05) is 44.0 Å². The van der Waals surface area contributed by atoms with Gasteiger partial charge in [0.25, 0.3) is 11.8 Å². The van der Waals surface area contributed by atoms with Crippen molar-refractivity contribution in [3.8, 4) is 5.75 Å². The number of fused-ring (bicyclic) bond motifs is 3. The Morgan fingerprint density at radius 3 is 2.55 bits per heavy atom. The summed E-state index contributed by atoms with van der Waals surface area (Å²) in [5.41, 5.74) is 2.80. The van der Waals surface area contributed by atoms with Crippen LogP contribution in [0.1, 0.15) is 26.4 Å². The molecule has 1 aliphatic rings. The molecule has 150 valence electrons. The number of carbonyl (C=O) groups excluding carboxylic acids is 2. The van der Waals surface area contributed by atoms with Crippen LogP contribution in [0.3, 0.4) is 0 Å². The molecule has 0 spiro atoms. The van der Waals surface area contributed by atoms with Crippen LogP contribution in [0.15, 0.2) is 24.5 Å². The summed E-state index contributed by atoms with van der Waals surface area (Å²) < 4.78 is 7.31. The molecule has 2 amide bonds. The fourth-order valence-corrected chi connectivity index (χ4v) is 4.25. The van der Waals surface area contributed by atoms with Gasteiger partial charge in [-0.25, -0.2) is 0 Å². The number of methoxy groups -OCH3 is 1. The molecule has 4 rings (SSSR count). The third kappa shape index (κ3) is 3.01. The monoisotopic (exact) mass is 432 g/mol. The summed E-state index contributed by atoms with van der Waals surface area (Å²) in [6.07, 6.45) is 3.45. The lowest BCUT2D eigenvalue weighted by molar-refractivity contribution is 0.0771. The van der Waals surface area contributed by atoms with Crippen molar-refractivity contribution in [1.29, 1.82) is 0 Å². The SMILES string of the molecule is COc1ccc(C(=O)Nc2c(Cl)cncc2Cl)c2c3c(n(C)c12)C(=O)N(C)CC3. The van der Waals surface area contributed by atoms with Crippen molar-refractivity contribution in [2.45, 2.75) is 6.42 Å². The predicted molar refractivity (Wildman–Crippen MR) is 112 cm³/mol. The minimum atomic E-state index is -0.382. The summed E-state index contributed by atoms with van der Waals surface area (Å²) in [6, 6.07) is 3.40. The molecule has 3 aromatic rings. The molecule has 0 atom stereocenters. The summed E-state index contributed by atoms with van der Waals surface area (Å²) in [6.45, 7) is 0.575. The summed E-state index contributed by atoms with van der Waals surface area (Å²) >= 11 is 12.3. The number of ether oxygens (including phenoxy) is 1. The molecule has 0 saturated heterocycles. The summed E-state index contributed by atoms with van der Waals surface area (Å²) in [5, 5.41) is 3.95. The highest BCUT2D eigenvalue weighted by Crippen LogP contribution is 2.38. The maximum atomic E-state index is 13.2. The van der Waals surface area contributed by atoms with E-state index in [0.717, 1.165) is 5.56 Å². The number of hydrogen-bond acceptors (Lipinski definition) is 4. The van der Waals surface area contributed by atoms with Gasteiger partial charge in [-0.2, -0.15) is 0 Å². The number of aromatic nitrogens is 2. The lowest BCUT2D eigenvalue weighted by atomic mass is 9.98. The number of anilines is 1. The highest BCUT2D eigenvalue weighted by atomic mass is 35.5. The zero-order chi connectivity index (χ0) is 20.9. The second-order valence-electron chi connectivity index (χ2n) is 6.83. The average molecular weight is 433 g/mol. The first kappa shape index (κ1) is 19.5. The van der Waals surface area contributed by atoms with Crippen LogP contribution in [0.25, 0.3) is 10.9 Å². The lowest BCUT2D eigenvalue weighted by Crippen LogP contribution is -2.35. The standard InChI is InChI=1S/C20H18Cl2N4O3/c1-25-7-6-10-15-11(19(27)24-16-12(21)8-23-9-13(16)22)4-5-14(29-3)18(15)26(2)17(10)20(25)28/h4-5,8-9H,6-7H2,1-3H3,(H,23,24,27). The summed E-state index contributed by atoms with van der Waals surface area (Å²) in [4.78, 5) is 31.5. The van der Waals surface area contributed by atoms with E-state index in [-0.39, 0.29) is 27.5 Å². The molecule has 3 heterocycles. The third-order valence-electron chi connectivity index (χ3n) is 5.20. The molecular formula is C20H18Cl2N4O3.